The monoisotopic (exact) mass is 615 g/mol. The van der Waals surface area contributed by atoms with Gasteiger partial charge in [0.25, 0.3) is 0 Å². The summed E-state index contributed by atoms with van der Waals surface area (Å²) >= 11 is 0. The quantitative estimate of drug-likeness (QED) is 0.221. The zero-order valence-electron chi connectivity index (χ0n) is 25.0. The van der Waals surface area contributed by atoms with E-state index in [0.29, 0.717) is 17.9 Å². The number of benzene rings is 1. The van der Waals surface area contributed by atoms with Gasteiger partial charge in [0, 0.05) is 51.2 Å². The van der Waals surface area contributed by atoms with Crippen molar-refractivity contribution in [3.8, 4) is 0 Å². The van der Waals surface area contributed by atoms with Crippen LogP contribution < -0.4 is 10.2 Å². The Morgan fingerprint density at radius 3 is 2.47 bits per heavy atom. The van der Waals surface area contributed by atoms with E-state index in [1.54, 1.807) is 0 Å². The molecule has 0 radical (unpaired) electrons. The average Bonchev–Trinajstić information content (AvgIpc) is 3.48. The maximum absolute atomic E-state index is 15.4. The second kappa shape index (κ2) is 11.4. The summed E-state index contributed by atoms with van der Waals surface area (Å²) in [5.41, 5.74) is 0.145. The van der Waals surface area contributed by atoms with Gasteiger partial charge < -0.3 is 19.4 Å². The van der Waals surface area contributed by atoms with Crippen LogP contribution in [0.15, 0.2) is 16.5 Å². The second-order valence-corrected chi connectivity index (χ2v) is 19.5. The molecule has 2 saturated carbocycles. The first kappa shape index (κ1) is 29.9. The van der Waals surface area contributed by atoms with E-state index in [0.717, 1.165) is 35.9 Å². The Bertz CT molecular complexity index is 1390. The van der Waals surface area contributed by atoms with Crippen LogP contribution in [0.1, 0.15) is 74.7 Å². The molecule has 4 fully saturated rings. The Morgan fingerprint density at radius 1 is 1.09 bits per heavy atom. The number of rotatable bonds is 10. The van der Waals surface area contributed by atoms with Gasteiger partial charge in [-0.05, 0) is 55.7 Å². The molecule has 1 spiro atoms. The summed E-state index contributed by atoms with van der Waals surface area (Å²) < 4.78 is 42.3. The minimum Gasteiger partial charge on any atom is -0.408 e. The second-order valence-electron chi connectivity index (χ2n) is 13.9. The highest BCUT2D eigenvalue weighted by Gasteiger charge is 2.50. The molecule has 1 unspecified atom stereocenters. The third-order valence-electron chi connectivity index (χ3n) is 9.47. The van der Waals surface area contributed by atoms with Crippen molar-refractivity contribution in [1.82, 2.24) is 15.1 Å². The Hall–Kier alpha value is -3.19. The van der Waals surface area contributed by atoms with Gasteiger partial charge in [0.1, 0.15) is 18.4 Å². The molecule has 3 amide bonds. The summed E-state index contributed by atoms with van der Waals surface area (Å²) in [6.07, 6.45) is 6.05. The van der Waals surface area contributed by atoms with Crippen LogP contribution in [0.25, 0.3) is 0 Å². The largest absolute Gasteiger partial charge is 0.408 e. The van der Waals surface area contributed by atoms with Crippen LogP contribution in [-0.2, 0) is 19.1 Å². The van der Waals surface area contributed by atoms with Gasteiger partial charge in [-0.2, -0.15) is 0 Å². The maximum atomic E-state index is 15.4. The zero-order valence-corrected chi connectivity index (χ0v) is 26.0. The molecule has 1 aromatic carbocycles. The van der Waals surface area contributed by atoms with Crippen LogP contribution in [0.3, 0.4) is 0 Å². The van der Waals surface area contributed by atoms with E-state index in [4.69, 9.17) is 9.15 Å². The van der Waals surface area contributed by atoms with Gasteiger partial charge in [-0.25, -0.2) is 8.78 Å². The first-order valence-electron chi connectivity index (χ1n) is 15.2. The van der Waals surface area contributed by atoms with Crippen molar-refractivity contribution in [1.29, 1.82) is 0 Å². The molecule has 1 N–H and O–H groups in total. The molecular weight excluding hydrogens is 576 g/mol. The number of likely N-dealkylation sites (tertiary alicyclic amines) is 1. The number of amides is 3. The van der Waals surface area contributed by atoms with E-state index in [-0.39, 0.29) is 62.1 Å². The highest BCUT2D eigenvalue weighted by molar-refractivity contribution is 6.76. The van der Waals surface area contributed by atoms with Gasteiger partial charge in [-0.15, -0.1) is 5.10 Å². The summed E-state index contributed by atoms with van der Waals surface area (Å²) in [4.78, 5) is 40.7. The number of carbonyl (C=O) groups excluding carboxylic acids is 3. The highest BCUT2D eigenvalue weighted by Crippen LogP contribution is 2.61. The standard InChI is InChI=1S/C30H39F2N5O5Si/c1-43(2,3)10-9-41-17-37-24(38)6-5-21(28(37)40)26-22(31)12-20(13-23(26)32)36-16-19(11-25(36)39)33-29-35-34-27(42-29)18-14-30(15-18)7-4-8-30/h12-13,18-19,21H,4-11,14-17H2,1-3H3,(H,33,35)/t19-,21?/m1/s1. The van der Waals surface area contributed by atoms with E-state index in [2.05, 4.69) is 35.2 Å². The van der Waals surface area contributed by atoms with Gasteiger partial charge in [0.15, 0.2) is 0 Å². The van der Waals surface area contributed by atoms with Crippen molar-refractivity contribution in [3.05, 3.63) is 35.2 Å². The normalized spacial score (nSPS) is 24.1. The van der Waals surface area contributed by atoms with Crippen molar-refractivity contribution in [2.24, 2.45) is 5.41 Å². The van der Waals surface area contributed by atoms with Gasteiger partial charge >= 0.3 is 6.01 Å². The average molecular weight is 616 g/mol. The molecule has 3 heterocycles. The number of imide groups is 1. The smallest absolute Gasteiger partial charge is 0.315 e. The minimum atomic E-state index is -1.37. The van der Waals surface area contributed by atoms with Crippen molar-refractivity contribution in [3.63, 3.8) is 0 Å². The van der Waals surface area contributed by atoms with E-state index in [1.807, 2.05) is 0 Å². The first-order chi connectivity index (χ1) is 20.4. The Balaban J connectivity index is 1.08. The lowest BCUT2D eigenvalue weighted by molar-refractivity contribution is -0.155. The Morgan fingerprint density at radius 2 is 1.81 bits per heavy atom. The molecule has 0 bridgehead atoms. The van der Waals surface area contributed by atoms with Crippen molar-refractivity contribution >= 4 is 37.5 Å². The molecule has 2 atom stereocenters. The molecule has 2 aliphatic carbocycles. The van der Waals surface area contributed by atoms with Crippen LogP contribution in [0.2, 0.25) is 25.7 Å². The summed E-state index contributed by atoms with van der Waals surface area (Å²) in [7, 11) is -1.37. The number of halogens is 2. The zero-order chi connectivity index (χ0) is 30.5. The number of aromatic nitrogens is 2. The van der Waals surface area contributed by atoms with Gasteiger partial charge in [0.2, 0.25) is 23.6 Å². The van der Waals surface area contributed by atoms with Crippen LogP contribution in [0.4, 0.5) is 20.5 Å². The SMILES string of the molecule is C[Si](C)(C)CCOCN1C(=O)CCC(c2c(F)cc(N3C[C@H](Nc4nnc(C5CC6(CCC6)C5)o4)CC3=O)cc2F)C1=O. The number of anilines is 2. The Kier molecular flexibility index (Phi) is 7.90. The number of piperidine rings is 1. The summed E-state index contributed by atoms with van der Waals surface area (Å²) in [6, 6.07) is 2.87. The van der Waals surface area contributed by atoms with E-state index in [1.165, 1.54) is 24.2 Å². The molecule has 2 aromatic rings. The number of hydrogen-bond acceptors (Lipinski definition) is 8. The van der Waals surface area contributed by atoms with E-state index in [9.17, 15) is 14.4 Å². The summed E-state index contributed by atoms with van der Waals surface area (Å²) in [5.74, 6) is -3.55. The topological polar surface area (TPSA) is 118 Å². The predicted molar refractivity (Wildman–Crippen MR) is 156 cm³/mol. The van der Waals surface area contributed by atoms with Gasteiger partial charge in [-0.3, -0.25) is 19.3 Å². The fraction of sp³-hybridized carbons (Fsp3) is 0.633. The third kappa shape index (κ3) is 6.10. The highest BCUT2D eigenvalue weighted by atomic mass is 28.3. The molecular formula is C30H39F2N5O5Si. The molecule has 232 valence electrons. The third-order valence-corrected chi connectivity index (χ3v) is 11.2. The van der Waals surface area contributed by atoms with Crippen molar-refractivity contribution in [2.75, 3.05) is 30.1 Å². The number of nitrogens with one attached hydrogen (secondary N) is 1. The minimum absolute atomic E-state index is 0.00108. The van der Waals surface area contributed by atoms with Crippen LogP contribution in [0, 0.1) is 17.0 Å². The molecule has 1 aromatic heterocycles. The number of hydrogen-bond donors (Lipinski definition) is 1. The fourth-order valence-electron chi connectivity index (χ4n) is 6.77. The van der Waals surface area contributed by atoms with Crippen LogP contribution >= 0.6 is 0 Å². The lowest BCUT2D eigenvalue weighted by Gasteiger charge is -2.53. The maximum Gasteiger partial charge on any atom is 0.315 e. The van der Waals surface area contributed by atoms with Crippen LogP contribution in [0.5, 0.6) is 0 Å². The summed E-state index contributed by atoms with van der Waals surface area (Å²) in [5, 5.41) is 11.4. The van der Waals surface area contributed by atoms with Crippen molar-refractivity contribution < 1.29 is 32.3 Å². The number of carbonyl (C=O) groups is 3. The first-order valence-corrected chi connectivity index (χ1v) is 18.9. The lowest BCUT2D eigenvalue weighted by atomic mass is 9.52. The van der Waals surface area contributed by atoms with Gasteiger partial charge in [-0.1, -0.05) is 31.2 Å². The molecule has 2 saturated heterocycles. The lowest BCUT2D eigenvalue weighted by Crippen LogP contribution is -2.45. The molecule has 6 rings (SSSR count). The fourth-order valence-corrected chi connectivity index (χ4v) is 7.52. The Labute approximate surface area is 250 Å². The molecule has 4 aliphatic rings. The van der Waals surface area contributed by atoms with Crippen molar-refractivity contribution in [2.45, 2.75) is 94.9 Å². The molecule has 2 aliphatic heterocycles. The van der Waals surface area contributed by atoms with Gasteiger partial charge in [0.05, 0.1) is 12.0 Å². The van der Waals surface area contributed by atoms with Crippen LogP contribution in [-0.4, -0.2) is 66.8 Å². The predicted octanol–water partition coefficient (Wildman–Crippen LogP) is 5.16. The summed E-state index contributed by atoms with van der Waals surface area (Å²) in [6.45, 7) is 6.89. The number of ether oxygens (including phenoxy) is 1. The number of nitrogens with zero attached hydrogens (tertiary/aromatic N) is 4. The molecule has 13 heteroatoms. The molecule has 43 heavy (non-hydrogen) atoms. The van der Waals surface area contributed by atoms with E-state index < -0.39 is 43.0 Å². The van der Waals surface area contributed by atoms with E-state index >= 15 is 8.78 Å². The molecule has 10 nitrogen and oxygen atoms in total.